The van der Waals surface area contributed by atoms with Crippen LogP contribution in [0.3, 0.4) is 0 Å². The lowest BCUT2D eigenvalue weighted by Crippen LogP contribution is -2.54. The zero-order valence-corrected chi connectivity index (χ0v) is 14.0. The molecule has 1 aliphatic rings. The van der Waals surface area contributed by atoms with E-state index in [-0.39, 0.29) is 10.9 Å². The number of carbonyl (C=O) groups is 1. The Morgan fingerprint density at radius 3 is 2.64 bits per heavy atom. The van der Waals surface area contributed by atoms with E-state index in [2.05, 4.69) is 10.6 Å². The van der Waals surface area contributed by atoms with Crippen molar-refractivity contribution in [2.24, 2.45) is 0 Å². The van der Waals surface area contributed by atoms with E-state index in [4.69, 9.17) is 27.9 Å². The summed E-state index contributed by atoms with van der Waals surface area (Å²) in [6, 6.07) is 2.11. The maximum atomic E-state index is 13.6. The number of carbonyl (C=O) groups excluding carboxylic acids is 1. The number of piperidine rings is 1. The molecule has 0 radical (unpaired) electrons. The Morgan fingerprint density at radius 2 is 2.05 bits per heavy atom. The Kier molecular flexibility index (Phi) is 5.66. The molecular formula is C15H19Cl2FN2O2. The topological polar surface area (TPSA) is 50.4 Å². The van der Waals surface area contributed by atoms with Crippen LogP contribution in [0.4, 0.5) is 4.39 Å². The Morgan fingerprint density at radius 1 is 1.41 bits per heavy atom. The third kappa shape index (κ3) is 3.38. The van der Waals surface area contributed by atoms with Crippen molar-refractivity contribution in [3.8, 4) is 0 Å². The molecule has 122 valence electrons. The molecule has 4 nitrogen and oxygen atoms in total. The van der Waals surface area contributed by atoms with Gasteiger partial charge in [-0.3, -0.25) is 4.79 Å². The smallest absolute Gasteiger partial charge is 0.252 e. The first-order valence-corrected chi connectivity index (χ1v) is 7.87. The van der Waals surface area contributed by atoms with Crippen LogP contribution in [-0.4, -0.2) is 31.7 Å². The molecule has 1 aliphatic heterocycles. The second-order valence-corrected chi connectivity index (χ2v) is 6.19. The fourth-order valence-corrected chi connectivity index (χ4v) is 3.39. The molecule has 0 spiro atoms. The van der Waals surface area contributed by atoms with Crippen LogP contribution in [0.15, 0.2) is 12.1 Å². The molecule has 0 aliphatic carbocycles. The number of ether oxygens (including phenoxy) is 1. The Hall–Kier alpha value is -0.880. The van der Waals surface area contributed by atoms with Gasteiger partial charge >= 0.3 is 0 Å². The molecule has 0 aromatic heterocycles. The lowest BCUT2D eigenvalue weighted by atomic mass is 9.90. The third-order valence-electron chi connectivity index (χ3n) is 4.08. The first kappa shape index (κ1) is 17.5. The first-order chi connectivity index (χ1) is 10.4. The molecule has 0 saturated carbocycles. The molecule has 2 rings (SSSR count). The van der Waals surface area contributed by atoms with Crippen LogP contribution in [0.5, 0.6) is 0 Å². The van der Waals surface area contributed by atoms with Crippen LogP contribution in [0.1, 0.15) is 31.4 Å². The van der Waals surface area contributed by atoms with Crippen molar-refractivity contribution in [1.82, 2.24) is 10.6 Å². The normalized spacial score (nSPS) is 18.8. The van der Waals surface area contributed by atoms with Gasteiger partial charge in [0.2, 0.25) is 0 Å². The maximum Gasteiger partial charge on any atom is 0.252 e. The predicted molar refractivity (Wildman–Crippen MR) is 84.8 cm³/mol. The monoisotopic (exact) mass is 348 g/mol. The van der Waals surface area contributed by atoms with Gasteiger partial charge in [0.05, 0.1) is 11.1 Å². The summed E-state index contributed by atoms with van der Waals surface area (Å²) >= 11 is 12.1. The molecule has 1 saturated heterocycles. The lowest BCUT2D eigenvalue weighted by molar-refractivity contribution is -0.147. The van der Waals surface area contributed by atoms with Crippen molar-refractivity contribution >= 4 is 29.1 Å². The molecule has 1 fully saturated rings. The van der Waals surface area contributed by atoms with Crippen LogP contribution >= 0.6 is 23.2 Å². The van der Waals surface area contributed by atoms with E-state index in [1.165, 1.54) is 19.2 Å². The standard InChI is InChI=1S/C15H19Cl2FN2O2/c1-9(12-10(16)3-4-11(18)13(12)17)20-14(21)15(22-2)5-7-19-8-6-15/h3-4,9,19H,5-8H2,1-2H3,(H,20,21). The summed E-state index contributed by atoms with van der Waals surface area (Å²) in [7, 11) is 1.53. The van der Waals surface area contributed by atoms with E-state index in [9.17, 15) is 9.18 Å². The second-order valence-electron chi connectivity index (χ2n) is 5.40. The van der Waals surface area contributed by atoms with Gasteiger partial charge in [0.15, 0.2) is 0 Å². The number of hydrogen-bond acceptors (Lipinski definition) is 3. The van der Waals surface area contributed by atoms with Gasteiger partial charge in [-0.15, -0.1) is 0 Å². The van der Waals surface area contributed by atoms with Gasteiger partial charge in [-0.25, -0.2) is 4.39 Å². The van der Waals surface area contributed by atoms with E-state index in [0.29, 0.717) is 36.5 Å². The highest BCUT2D eigenvalue weighted by Crippen LogP contribution is 2.33. The molecular weight excluding hydrogens is 330 g/mol. The minimum absolute atomic E-state index is 0.0722. The van der Waals surface area contributed by atoms with Gasteiger partial charge in [0.1, 0.15) is 11.4 Å². The molecule has 22 heavy (non-hydrogen) atoms. The van der Waals surface area contributed by atoms with Gasteiger partial charge in [0, 0.05) is 17.7 Å². The van der Waals surface area contributed by atoms with Gasteiger partial charge in [-0.1, -0.05) is 23.2 Å². The lowest BCUT2D eigenvalue weighted by Gasteiger charge is -2.35. The van der Waals surface area contributed by atoms with E-state index in [0.717, 1.165) is 0 Å². The third-order valence-corrected chi connectivity index (χ3v) is 4.79. The summed E-state index contributed by atoms with van der Waals surface area (Å²) in [5, 5.41) is 6.27. The molecule has 1 amide bonds. The minimum Gasteiger partial charge on any atom is -0.368 e. The molecule has 7 heteroatoms. The summed E-state index contributed by atoms with van der Waals surface area (Å²) in [4.78, 5) is 12.6. The number of amides is 1. The molecule has 0 bridgehead atoms. The number of hydrogen-bond donors (Lipinski definition) is 2. The molecule has 1 unspecified atom stereocenters. The summed E-state index contributed by atoms with van der Waals surface area (Å²) < 4.78 is 19.1. The number of benzene rings is 1. The van der Waals surface area contributed by atoms with Crippen LogP contribution in [0.2, 0.25) is 10.0 Å². The Balaban J connectivity index is 2.19. The van der Waals surface area contributed by atoms with Crippen molar-refractivity contribution < 1.29 is 13.9 Å². The first-order valence-electron chi connectivity index (χ1n) is 7.11. The van der Waals surface area contributed by atoms with E-state index in [1.54, 1.807) is 6.92 Å². The average Bonchev–Trinajstić information content (AvgIpc) is 2.52. The molecule has 1 aromatic rings. The highest BCUT2D eigenvalue weighted by Gasteiger charge is 2.40. The number of methoxy groups -OCH3 is 1. The number of nitrogens with one attached hydrogen (secondary N) is 2. The van der Waals surface area contributed by atoms with Crippen LogP contribution in [-0.2, 0) is 9.53 Å². The summed E-state index contributed by atoms with van der Waals surface area (Å²) in [5.74, 6) is -0.800. The molecule has 1 heterocycles. The maximum absolute atomic E-state index is 13.6. The van der Waals surface area contributed by atoms with Crippen LogP contribution in [0, 0.1) is 5.82 Å². The van der Waals surface area contributed by atoms with E-state index >= 15 is 0 Å². The van der Waals surface area contributed by atoms with E-state index < -0.39 is 17.5 Å². The Bertz CT molecular complexity index is 563. The zero-order chi connectivity index (χ0) is 16.3. The van der Waals surface area contributed by atoms with Crippen LogP contribution in [0.25, 0.3) is 0 Å². The highest BCUT2D eigenvalue weighted by molar-refractivity contribution is 6.36. The van der Waals surface area contributed by atoms with Gasteiger partial charge in [0.25, 0.3) is 5.91 Å². The second kappa shape index (κ2) is 7.13. The Labute approximate surface area is 139 Å². The van der Waals surface area contributed by atoms with Gasteiger partial charge in [-0.2, -0.15) is 0 Å². The highest BCUT2D eigenvalue weighted by atomic mass is 35.5. The van der Waals surface area contributed by atoms with Crippen molar-refractivity contribution in [1.29, 1.82) is 0 Å². The van der Waals surface area contributed by atoms with Crippen molar-refractivity contribution in [3.63, 3.8) is 0 Å². The van der Waals surface area contributed by atoms with E-state index in [1.807, 2.05) is 0 Å². The van der Waals surface area contributed by atoms with Gasteiger partial charge < -0.3 is 15.4 Å². The quantitative estimate of drug-likeness (QED) is 0.822. The fraction of sp³-hybridized carbons (Fsp3) is 0.533. The number of rotatable bonds is 4. The molecule has 1 atom stereocenters. The largest absolute Gasteiger partial charge is 0.368 e. The summed E-state index contributed by atoms with van der Waals surface area (Å²) in [6.45, 7) is 3.13. The van der Waals surface area contributed by atoms with Crippen molar-refractivity contribution in [2.75, 3.05) is 20.2 Å². The average molecular weight is 349 g/mol. The molecule has 2 N–H and O–H groups in total. The van der Waals surface area contributed by atoms with Crippen molar-refractivity contribution in [3.05, 3.63) is 33.6 Å². The minimum atomic E-state index is -0.869. The SMILES string of the molecule is COC1(C(=O)NC(C)c2c(Cl)ccc(F)c2Cl)CCNCC1. The summed E-state index contributed by atoms with van der Waals surface area (Å²) in [5.41, 5.74) is -0.497. The van der Waals surface area contributed by atoms with Gasteiger partial charge in [-0.05, 0) is 45.0 Å². The number of halogens is 3. The molecule has 1 aromatic carbocycles. The fourth-order valence-electron chi connectivity index (χ4n) is 2.69. The zero-order valence-electron chi connectivity index (χ0n) is 12.5. The van der Waals surface area contributed by atoms with Crippen molar-refractivity contribution in [2.45, 2.75) is 31.4 Å². The summed E-state index contributed by atoms with van der Waals surface area (Å²) in [6.07, 6.45) is 1.15. The van der Waals surface area contributed by atoms with Crippen LogP contribution < -0.4 is 10.6 Å². The predicted octanol–water partition coefficient (Wildman–Crippen LogP) is 3.08.